The van der Waals surface area contributed by atoms with Gasteiger partial charge in [0.05, 0.1) is 11.0 Å². The number of hydrogen-bond donors (Lipinski definition) is 2. The summed E-state index contributed by atoms with van der Waals surface area (Å²) in [5, 5.41) is 16.4. The Morgan fingerprint density at radius 3 is 2.89 bits per heavy atom. The van der Waals surface area contributed by atoms with Gasteiger partial charge >= 0.3 is 0 Å². The Balaban J connectivity index is 2.13. The molecule has 0 aromatic heterocycles. The molecule has 0 saturated carbocycles. The van der Waals surface area contributed by atoms with Gasteiger partial charge in [0.1, 0.15) is 11.5 Å². The van der Waals surface area contributed by atoms with Crippen LogP contribution in [0.3, 0.4) is 0 Å². The first kappa shape index (κ1) is 12.3. The van der Waals surface area contributed by atoms with E-state index < -0.39 is 10.7 Å². The van der Waals surface area contributed by atoms with E-state index in [4.69, 9.17) is 0 Å². The number of carbonyl (C=O) groups excluding carboxylic acids is 1. The number of amides is 1. The van der Waals surface area contributed by atoms with E-state index in [9.17, 15) is 19.3 Å². The van der Waals surface area contributed by atoms with Crippen molar-refractivity contribution < 1.29 is 14.1 Å². The summed E-state index contributed by atoms with van der Waals surface area (Å²) in [7, 11) is 0. The monoisotopic (exact) mass is 253 g/mol. The van der Waals surface area contributed by atoms with Crippen molar-refractivity contribution in [1.82, 2.24) is 5.32 Å². The van der Waals surface area contributed by atoms with Gasteiger partial charge in [-0.25, -0.2) is 4.39 Å². The molecule has 18 heavy (non-hydrogen) atoms. The van der Waals surface area contributed by atoms with E-state index in [-0.39, 0.29) is 23.3 Å². The van der Waals surface area contributed by atoms with Crippen LogP contribution >= 0.6 is 0 Å². The molecule has 0 radical (unpaired) electrons. The molecule has 0 spiro atoms. The van der Waals surface area contributed by atoms with Crippen LogP contribution in [-0.2, 0) is 4.79 Å². The second kappa shape index (κ2) is 4.99. The number of anilines is 1. The molecule has 2 rings (SSSR count). The van der Waals surface area contributed by atoms with Crippen molar-refractivity contribution in [2.24, 2.45) is 0 Å². The van der Waals surface area contributed by atoms with E-state index in [0.717, 1.165) is 12.1 Å². The third-order valence-corrected chi connectivity index (χ3v) is 2.78. The Morgan fingerprint density at radius 2 is 2.28 bits per heavy atom. The molecule has 6 nitrogen and oxygen atoms in total. The van der Waals surface area contributed by atoms with E-state index in [1.54, 1.807) is 0 Å². The molecule has 1 atom stereocenters. The third-order valence-electron chi connectivity index (χ3n) is 2.78. The summed E-state index contributed by atoms with van der Waals surface area (Å²) in [6, 6.07) is 3.30. The van der Waals surface area contributed by atoms with Crippen molar-refractivity contribution in [3.8, 4) is 0 Å². The Morgan fingerprint density at radius 1 is 1.50 bits per heavy atom. The van der Waals surface area contributed by atoms with Crippen molar-refractivity contribution in [2.75, 3.05) is 11.9 Å². The standard InChI is InChI=1S/C11H12FN3O3/c12-7-1-3-9(10(5-7)15(17)18)14-8-2-4-11(16)13-6-8/h1,3,5,8,14H,2,4,6H2,(H,13,16). The molecule has 2 N–H and O–H groups in total. The van der Waals surface area contributed by atoms with Crippen LogP contribution in [0, 0.1) is 15.9 Å². The fourth-order valence-corrected chi connectivity index (χ4v) is 1.85. The molecule has 96 valence electrons. The Hall–Kier alpha value is -2.18. The lowest BCUT2D eigenvalue weighted by atomic mass is 10.1. The summed E-state index contributed by atoms with van der Waals surface area (Å²) in [4.78, 5) is 21.1. The maximum Gasteiger partial charge on any atom is 0.295 e. The number of nitrogens with zero attached hydrogens (tertiary/aromatic N) is 1. The summed E-state index contributed by atoms with van der Waals surface area (Å²) in [5.41, 5.74) is -0.0329. The predicted octanol–water partition coefficient (Wildman–Crippen LogP) is 1.42. The third kappa shape index (κ3) is 2.73. The molecule has 1 heterocycles. The SMILES string of the molecule is O=C1CCC(Nc2ccc(F)cc2[N+](=O)[O-])CN1. The Kier molecular flexibility index (Phi) is 3.40. The lowest BCUT2D eigenvalue weighted by Gasteiger charge is -2.24. The fraction of sp³-hybridized carbons (Fsp3) is 0.364. The number of rotatable bonds is 3. The van der Waals surface area contributed by atoms with E-state index in [0.29, 0.717) is 19.4 Å². The average Bonchev–Trinajstić information content (AvgIpc) is 2.34. The zero-order valence-electron chi connectivity index (χ0n) is 9.48. The minimum Gasteiger partial charge on any atom is -0.375 e. The molecule has 1 aliphatic rings. The molecular weight excluding hydrogens is 241 g/mol. The molecule has 1 aliphatic heterocycles. The van der Waals surface area contributed by atoms with Crippen molar-refractivity contribution in [2.45, 2.75) is 18.9 Å². The van der Waals surface area contributed by atoms with Gasteiger partial charge in [0.15, 0.2) is 0 Å². The topological polar surface area (TPSA) is 84.3 Å². The zero-order chi connectivity index (χ0) is 13.1. The van der Waals surface area contributed by atoms with E-state index in [2.05, 4.69) is 10.6 Å². The van der Waals surface area contributed by atoms with Gasteiger partial charge in [0, 0.05) is 19.0 Å². The van der Waals surface area contributed by atoms with Gasteiger partial charge in [-0.05, 0) is 18.6 Å². The first-order valence-corrected chi connectivity index (χ1v) is 5.53. The van der Waals surface area contributed by atoms with Crippen molar-refractivity contribution in [3.63, 3.8) is 0 Å². The largest absolute Gasteiger partial charge is 0.375 e. The van der Waals surface area contributed by atoms with Crippen LogP contribution in [-0.4, -0.2) is 23.4 Å². The minimum absolute atomic E-state index is 0.0262. The van der Waals surface area contributed by atoms with Crippen molar-refractivity contribution >= 4 is 17.3 Å². The maximum absolute atomic E-state index is 12.9. The molecular formula is C11H12FN3O3. The van der Waals surface area contributed by atoms with Crippen LogP contribution < -0.4 is 10.6 Å². The van der Waals surface area contributed by atoms with Gasteiger partial charge in [-0.2, -0.15) is 0 Å². The Labute approximate surface area is 102 Å². The fourth-order valence-electron chi connectivity index (χ4n) is 1.85. The van der Waals surface area contributed by atoms with E-state index in [1.807, 2.05) is 0 Å². The number of hydrogen-bond acceptors (Lipinski definition) is 4. The summed E-state index contributed by atoms with van der Waals surface area (Å²) in [6.45, 7) is 0.410. The molecule has 7 heteroatoms. The van der Waals surface area contributed by atoms with Crippen LogP contribution in [0.25, 0.3) is 0 Å². The molecule has 0 aliphatic carbocycles. The van der Waals surface area contributed by atoms with E-state index >= 15 is 0 Å². The summed E-state index contributed by atoms with van der Waals surface area (Å²) < 4.78 is 12.9. The Bertz CT molecular complexity index is 482. The number of benzene rings is 1. The lowest BCUT2D eigenvalue weighted by Crippen LogP contribution is -2.41. The van der Waals surface area contributed by atoms with Crippen molar-refractivity contribution in [3.05, 3.63) is 34.1 Å². The molecule has 1 aromatic rings. The van der Waals surface area contributed by atoms with Gasteiger partial charge in [-0.3, -0.25) is 14.9 Å². The second-order valence-corrected chi connectivity index (χ2v) is 4.10. The maximum atomic E-state index is 12.9. The number of nitro benzene ring substituents is 1. The van der Waals surface area contributed by atoms with Gasteiger partial charge in [-0.1, -0.05) is 0 Å². The van der Waals surface area contributed by atoms with Gasteiger partial charge in [-0.15, -0.1) is 0 Å². The number of piperidine rings is 1. The summed E-state index contributed by atoms with van der Waals surface area (Å²) in [5.74, 6) is -0.675. The molecule has 1 fully saturated rings. The van der Waals surface area contributed by atoms with Crippen LogP contribution in [0.2, 0.25) is 0 Å². The van der Waals surface area contributed by atoms with Gasteiger partial charge in [0.2, 0.25) is 5.91 Å². The quantitative estimate of drug-likeness (QED) is 0.630. The predicted molar refractivity (Wildman–Crippen MR) is 62.7 cm³/mol. The molecule has 1 aromatic carbocycles. The molecule has 1 saturated heterocycles. The highest BCUT2D eigenvalue weighted by Gasteiger charge is 2.21. The highest BCUT2D eigenvalue weighted by atomic mass is 19.1. The number of carbonyl (C=O) groups is 1. The minimum atomic E-state index is -0.649. The first-order chi connectivity index (χ1) is 8.56. The van der Waals surface area contributed by atoms with Gasteiger partial charge in [0.25, 0.3) is 5.69 Å². The van der Waals surface area contributed by atoms with Crippen LogP contribution in [0.15, 0.2) is 18.2 Å². The second-order valence-electron chi connectivity index (χ2n) is 4.10. The van der Waals surface area contributed by atoms with Crippen LogP contribution in [0.4, 0.5) is 15.8 Å². The average molecular weight is 253 g/mol. The summed E-state index contributed by atoms with van der Waals surface area (Å²) >= 11 is 0. The zero-order valence-corrected chi connectivity index (χ0v) is 9.48. The number of nitro groups is 1. The van der Waals surface area contributed by atoms with Crippen LogP contribution in [0.5, 0.6) is 0 Å². The normalized spacial score (nSPS) is 19.2. The molecule has 0 bridgehead atoms. The lowest BCUT2D eigenvalue weighted by molar-refractivity contribution is -0.384. The smallest absolute Gasteiger partial charge is 0.295 e. The molecule has 1 unspecified atom stereocenters. The van der Waals surface area contributed by atoms with Crippen LogP contribution in [0.1, 0.15) is 12.8 Å². The number of nitrogens with one attached hydrogen (secondary N) is 2. The highest BCUT2D eigenvalue weighted by Crippen LogP contribution is 2.26. The van der Waals surface area contributed by atoms with Gasteiger partial charge < -0.3 is 10.6 Å². The summed E-state index contributed by atoms with van der Waals surface area (Å²) in [6.07, 6.45) is 0.979. The van der Waals surface area contributed by atoms with E-state index in [1.165, 1.54) is 6.07 Å². The molecule has 1 amide bonds. The number of halogens is 1. The highest BCUT2D eigenvalue weighted by molar-refractivity contribution is 5.77. The first-order valence-electron chi connectivity index (χ1n) is 5.53. The van der Waals surface area contributed by atoms with Crippen molar-refractivity contribution in [1.29, 1.82) is 0 Å².